The van der Waals surface area contributed by atoms with Crippen LogP contribution in [-0.2, 0) is 0 Å². The Hall–Kier alpha value is -3.54. The van der Waals surface area contributed by atoms with Gasteiger partial charge in [-0.2, -0.15) is 5.10 Å². The maximum absolute atomic E-state index is 5.77. The van der Waals surface area contributed by atoms with Crippen molar-refractivity contribution in [2.75, 3.05) is 12.1 Å². The number of ether oxygens (including phenoxy) is 2. The first-order valence-electron chi connectivity index (χ1n) is 8.47. The lowest BCUT2D eigenvalue weighted by molar-refractivity contribution is 0.173. The summed E-state index contributed by atoms with van der Waals surface area (Å²) < 4.78 is 13.2. The predicted molar refractivity (Wildman–Crippen MR) is 96.5 cm³/mol. The van der Waals surface area contributed by atoms with Gasteiger partial charge in [0, 0.05) is 28.6 Å². The summed E-state index contributed by atoms with van der Waals surface area (Å²) in [6, 6.07) is 16.2. The van der Waals surface area contributed by atoms with E-state index in [0.717, 1.165) is 45.1 Å². The fourth-order valence-electron chi connectivity index (χ4n) is 3.88. The minimum absolute atomic E-state index is 0.0925. The number of anilines is 1. The monoisotopic (exact) mass is 342 g/mol. The van der Waals surface area contributed by atoms with Gasteiger partial charge in [0.05, 0.1) is 11.6 Å². The smallest absolute Gasteiger partial charge is 0.231 e. The molecule has 26 heavy (non-hydrogen) atoms. The predicted octanol–water partition coefficient (Wildman–Crippen LogP) is 3.64. The van der Waals surface area contributed by atoms with Gasteiger partial charge in [0.1, 0.15) is 12.0 Å². The second kappa shape index (κ2) is 4.98. The summed E-state index contributed by atoms with van der Waals surface area (Å²) in [5.41, 5.74) is 6.18. The number of aromatic nitrogens is 3. The highest BCUT2D eigenvalue weighted by atomic mass is 16.7. The quantitative estimate of drug-likeness (QED) is 0.572. The first-order valence-corrected chi connectivity index (χ1v) is 8.47. The van der Waals surface area contributed by atoms with E-state index in [1.54, 1.807) is 6.33 Å². The van der Waals surface area contributed by atoms with Crippen LogP contribution in [-0.4, -0.2) is 21.4 Å². The summed E-state index contributed by atoms with van der Waals surface area (Å²) in [6.07, 6.45) is 3.57. The summed E-state index contributed by atoms with van der Waals surface area (Å²) in [5, 5.41) is 8.06. The Balaban J connectivity index is 1.68. The highest BCUT2D eigenvalue weighted by Crippen LogP contribution is 2.46. The molecule has 6 nitrogen and oxygen atoms in total. The normalized spacial score (nSPS) is 16.8. The maximum Gasteiger partial charge on any atom is 0.231 e. The first kappa shape index (κ1) is 13.7. The van der Waals surface area contributed by atoms with E-state index in [1.165, 1.54) is 0 Å². The summed E-state index contributed by atoms with van der Waals surface area (Å²) >= 11 is 0. The van der Waals surface area contributed by atoms with Crippen molar-refractivity contribution in [2.24, 2.45) is 0 Å². The van der Waals surface area contributed by atoms with E-state index in [0.29, 0.717) is 0 Å². The van der Waals surface area contributed by atoms with Crippen molar-refractivity contribution in [3.63, 3.8) is 0 Å². The van der Waals surface area contributed by atoms with Crippen molar-refractivity contribution < 1.29 is 9.47 Å². The topological polar surface area (TPSA) is 60.7 Å². The van der Waals surface area contributed by atoms with Crippen LogP contribution in [0, 0.1) is 0 Å². The zero-order valence-corrected chi connectivity index (χ0v) is 13.7. The molecule has 1 unspecified atom stereocenters. The minimum Gasteiger partial charge on any atom is -0.454 e. The molecule has 2 aromatic carbocycles. The summed E-state index contributed by atoms with van der Waals surface area (Å²) in [6.45, 7) is 0.251. The van der Waals surface area contributed by atoms with Crippen molar-refractivity contribution in [2.45, 2.75) is 6.04 Å². The molecule has 1 atom stereocenters. The highest BCUT2D eigenvalue weighted by molar-refractivity contribution is 5.90. The number of hydrogen-bond donors (Lipinski definition) is 1. The van der Waals surface area contributed by atoms with Gasteiger partial charge >= 0.3 is 0 Å². The van der Waals surface area contributed by atoms with Crippen LogP contribution in [0.3, 0.4) is 0 Å². The van der Waals surface area contributed by atoms with E-state index in [-0.39, 0.29) is 12.8 Å². The van der Waals surface area contributed by atoms with Gasteiger partial charge in [0.25, 0.3) is 0 Å². The van der Waals surface area contributed by atoms with Crippen molar-refractivity contribution in [3.05, 3.63) is 72.2 Å². The number of hydrogen-bond acceptors (Lipinski definition) is 5. The Kier molecular flexibility index (Phi) is 2.63. The van der Waals surface area contributed by atoms with Gasteiger partial charge < -0.3 is 14.8 Å². The first-order chi connectivity index (χ1) is 12.9. The second-order valence-electron chi connectivity index (χ2n) is 6.38. The number of nitrogens with zero attached hydrogens (tertiary/aromatic N) is 3. The molecule has 0 aliphatic carbocycles. The Morgan fingerprint density at radius 1 is 1.00 bits per heavy atom. The van der Waals surface area contributed by atoms with Crippen LogP contribution >= 0.6 is 0 Å². The molecule has 0 saturated heterocycles. The van der Waals surface area contributed by atoms with Crippen LogP contribution in [0.5, 0.6) is 11.5 Å². The number of benzene rings is 2. The fourth-order valence-corrected chi connectivity index (χ4v) is 3.88. The van der Waals surface area contributed by atoms with Gasteiger partial charge in [0.2, 0.25) is 6.79 Å². The summed E-state index contributed by atoms with van der Waals surface area (Å²) in [4.78, 5) is 4.58. The molecule has 0 amide bonds. The molecule has 2 aromatic heterocycles. The molecule has 6 heteroatoms. The van der Waals surface area contributed by atoms with Crippen molar-refractivity contribution in [1.29, 1.82) is 0 Å². The SMILES string of the molecule is c1ccc2c(c1)NC(c1cccc3c1OCO3)c1ccn3ncnc-2c13. The van der Waals surface area contributed by atoms with E-state index in [4.69, 9.17) is 9.47 Å². The van der Waals surface area contributed by atoms with Crippen LogP contribution in [0.2, 0.25) is 0 Å². The van der Waals surface area contributed by atoms with Gasteiger partial charge in [-0.05, 0) is 18.2 Å². The van der Waals surface area contributed by atoms with E-state index >= 15 is 0 Å². The third-order valence-corrected chi connectivity index (χ3v) is 5.02. The molecule has 0 radical (unpaired) electrons. The minimum atomic E-state index is -0.0925. The Bertz CT molecular complexity index is 1170. The molecule has 4 heterocycles. The van der Waals surface area contributed by atoms with Gasteiger partial charge in [-0.15, -0.1) is 0 Å². The lowest BCUT2D eigenvalue weighted by Crippen LogP contribution is -2.12. The Labute approximate surface area is 149 Å². The van der Waals surface area contributed by atoms with Gasteiger partial charge in [-0.3, -0.25) is 0 Å². The number of fused-ring (bicyclic) bond motifs is 3. The summed E-state index contributed by atoms with van der Waals surface area (Å²) in [5.74, 6) is 1.57. The van der Waals surface area contributed by atoms with Crippen molar-refractivity contribution >= 4 is 11.2 Å². The van der Waals surface area contributed by atoms with E-state index in [9.17, 15) is 0 Å². The van der Waals surface area contributed by atoms with Crippen LogP contribution in [0.4, 0.5) is 5.69 Å². The molecule has 0 spiro atoms. The van der Waals surface area contributed by atoms with Crippen LogP contribution in [0.25, 0.3) is 16.8 Å². The third kappa shape index (κ3) is 1.75. The third-order valence-electron chi connectivity index (χ3n) is 5.02. The zero-order chi connectivity index (χ0) is 17.1. The molecule has 2 aliphatic heterocycles. The molecule has 1 N–H and O–H groups in total. The molecule has 0 saturated carbocycles. The van der Waals surface area contributed by atoms with E-state index in [1.807, 2.05) is 35.0 Å². The lowest BCUT2D eigenvalue weighted by Gasteiger charge is -2.20. The average molecular weight is 342 g/mol. The Morgan fingerprint density at radius 2 is 1.96 bits per heavy atom. The largest absolute Gasteiger partial charge is 0.454 e. The van der Waals surface area contributed by atoms with Gasteiger partial charge in [0.15, 0.2) is 11.5 Å². The van der Waals surface area contributed by atoms with Crippen LogP contribution in [0.15, 0.2) is 61.1 Å². The molecule has 2 aliphatic rings. The van der Waals surface area contributed by atoms with E-state index in [2.05, 4.69) is 39.7 Å². The van der Waals surface area contributed by atoms with Crippen molar-refractivity contribution in [3.8, 4) is 22.8 Å². The van der Waals surface area contributed by atoms with Crippen molar-refractivity contribution in [1.82, 2.24) is 14.6 Å². The van der Waals surface area contributed by atoms with E-state index < -0.39 is 0 Å². The molecular weight excluding hydrogens is 328 g/mol. The maximum atomic E-state index is 5.77. The molecule has 0 bridgehead atoms. The Morgan fingerprint density at radius 3 is 2.96 bits per heavy atom. The average Bonchev–Trinajstić information content (AvgIpc) is 3.30. The lowest BCUT2D eigenvalue weighted by atomic mass is 9.98. The highest BCUT2D eigenvalue weighted by Gasteiger charge is 2.30. The standard InChI is InChI=1S/C20H14N4O2/c1-2-6-15-12(4-1)18-19-13(8-9-24(19)22-10-21-18)17(23-15)14-5-3-7-16-20(14)26-11-25-16/h1-10,17,23H,11H2. The number of para-hydroxylation sites is 2. The fraction of sp³-hybridized carbons (Fsp3) is 0.100. The molecule has 6 rings (SSSR count). The molecule has 4 aromatic rings. The van der Waals surface area contributed by atoms with Crippen LogP contribution in [0.1, 0.15) is 17.2 Å². The molecular formula is C20H14N4O2. The zero-order valence-electron chi connectivity index (χ0n) is 13.7. The van der Waals surface area contributed by atoms with Gasteiger partial charge in [-0.1, -0.05) is 30.3 Å². The second-order valence-corrected chi connectivity index (χ2v) is 6.38. The number of rotatable bonds is 1. The van der Waals surface area contributed by atoms with Gasteiger partial charge in [-0.25, -0.2) is 9.50 Å². The molecule has 0 fully saturated rings. The summed E-state index contributed by atoms with van der Waals surface area (Å²) in [7, 11) is 0. The molecule has 126 valence electrons. The van der Waals surface area contributed by atoms with Crippen LogP contribution < -0.4 is 14.8 Å². The number of nitrogens with one attached hydrogen (secondary N) is 1.